The van der Waals surface area contributed by atoms with Crippen LogP contribution in [-0.4, -0.2) is 18.4 Å². The largest absolute Gasteiger partial charge is 0.355 e. The lowest BCUT2D eigenvalue weighted by Crippen LogP contribution is -2.32. The van der Waals surface area contributed by atoms with Crippen molar-refractivity contribution in [3.8, 4) is 0 Å². The SMILES string of the molecule is O=C(CCNC(=O)C1CCCC1)Nc1cccc2c1CCCC2. The van der Waals surface area contributed by atoms with E-state index in [1.807, 2.05) is 12.1 Å². The number of carbonyl (C=O) groups is 2. The van der Waals surface area contributed by atoms with E-state index in [0.29, 0.717) is 13.0 Å². The Kier molecular flexibility index (Phi) is 5.31. The number of anilines is 1. The molecule has 1 aromatic rings. The summed E-state index contributed by atoms with van der Waals surface area (Å²) < 4.78 is 0. The van der Waals surface area contributed by atoms with E-state index in [2.05, 4.69) is 16.7 Å². The Labute approximate surface area is 138 Å². The van der Waals surface area contributed by atoms with Crippen molar-refractivity contribution in [2.24, 2.45) is 5.92 Å². The van der Waals surface area contributed by atoms with E-state index >= 15 is 0 Å². The Hall–Kier alpha value is -1.84. The van der Waals surface area contributed by atoms with E-state index in [9.17, 15) is 9.59 Å². The van der Waals surface area contributed by atoms with E-state index in [1.165, 1.54) is 24.0 Å². The predicted octanol–water partition coefficient (Wildman–Crippen LogP) is 3.20. The number of hydrogen-bond acceptors (Lipinski definition) is 2. The quantitative estimate of drug-likeness (QED) is 0.877. The maximum atomic E-state index is 12.1. The molecule has 0 atom stereocenters. The number of carbonyl (C=O) groups excluding carboxylic acids is 2. The van der Waals surface area contributed by atoms with Crippen LogP contribution >= 0.6 is 0 Å². The van der Waals surface area contributed by atoms with Gasteiger partial charge in [-0.15, -0.1) is 0 Å². The Balaban J connectivity index is 1.47. The summed E-state index contributed by atoms with van der Waals surface area (Å²) in [6, 6.07) is 6.16. The van der Waals surface area contributed by atoms with Crippen LogP contribution in [0.2, 0.25) is 0 Å². The molecule has 2 aliphatic carbocycles. The van der Waals surface area contributed by atoms with Gasteiger partial charge in [-0.1, -0.05) is 25.0 Å². The molecule has 1 saturated carbocycles. The summed E-state index contributed by atoms with van der Waals surface area (Å²) in [5, 5.41) is 5.93. The van der Waals surface area contributed by atoms with E-state index in [-0.39, 0.29) is 17.7 Å². The summed E-state index contributed by atoms with van der Waals surface area (Å²) in [6.45, 7) is 0.427. The molecular weight excluding hydrogens is 288 g/mol. The molecule has 0 aliphatic heterocycles. The molecule has 0 aromatic heterocycles. The monoisotopic (exact) mass is 314 g/mol. The Bertz CT molecular complexity index is 577. The van der Waals surface area contributed by atoms with Gasteiger partial charge in [-0.25, -0.2) is 0 Å². The second-order valence-electron chi connectivity index (χ2n) is 6.72. The van der Waals surface area contributed by atoms with Crippen LogP contribution in [0.4, 0.5) is 5.69 Å². The number of nitrogens with one attached hydrogen (secondary N) is 2. The first-order chi connectivity index (χ1) is 11.2. The Morgan fingerprint density at radius 3 is 2.65 bits per heavy atom. The molecule has 0 heterocycles. The minimum atomic E-state index is -0.0179. The maximum Gasteiger partial charge on any atom is 0.226 e. The highest BCUT2D eigenvalue weighted by Crippen LogP contribution is 2.28. The first-order valence-electron chi connectivity index (χ1n) is 8.92. The van der Waals surface area contributed by atoms with Crippen LogP contribution in [0.3, 0.4) is 0 Å². The number of fused-ring (bicyclic) bond motifs is 1. The number of rotatable bonds is 5. The third-order valence-corrected chi connectivity index (χ3v) is 5.05. The first-order valence-corrected chi connectivity index (χ1v) is 8.92. The minimum absolute atomic E-state index is 0.0179. The van der Waals surface area contributed by atoms with E-state index in [1.54, 1.807) is 0 Å². The lowest BCUT2D eigenvalue weighted by atomic mass is 9.90. The fraction of sp³-hybridized carbons (Fsp3) is 0.579. The fourth-order valence-electron chi connectivity index (χ4n) is 3.74. The number of amides is 2. The van der Waals surface area contributed by atoms with Gasteiger partial charge >= 0.3 is 0 Å². The molecular formula is C19H26N2O2. The number of benzene rings is 1. The van der Waals surface area contributed by atoms with Crippen LogP contribution in [0.5, 0.6) is 0 Å². The van der Waals surface area contributed by atoms with Gasteiger partial charge in [0.15, 0.2) is 0 Å². The molecule has 0 bridgehead atoms. The molecule has 4 heteroatoms. The molecule has 4 nitrogen and oxygen atoms in total. The highest BCUT2D eigenvalue weighted by Gasteiger charge is 2.22. The molecule has 2 amide bonds. The fourth-order valence-corrected chi connectivity index (χ4v) is 3.74. The minimum Gasteiger partial charge on any atom is -0.355 e. The van der Waals surface area contributed by atoms with Crippen molar-refractivity contribution in [1.82, 2.24) is 5.32 Å². The number of hydrogen-bond donors (Lipinski definition) is 2. The Morgan fingerprint density at radius 1 is 1.04 bits per heavy atom. The molecule has 23 heavy (non-hydrogen) atoms. The summed E-state index contributed by atoms with van der Waals surface area (Å²) in [6.07, 6.45) is 9.20. The molecule has 0 unspecified atom stereocenters. The maximum absolute atomic E-state index is 12.1. The summed E-state index contributed by atoms with van der Waals surface area (Å²) in [4.78, 5) is 24.1. The molecule has 1 fully saturated rings. The summed E-state index contributed by atoms with van der Waals surface area (Å²) >= 11 is 0. The van der Waals surface area contributed by atoms with Gasteiger partial charge in [-0.05, 0) is 55.7 Å². The molecule has 2 aliphatic rings. The van der Waals surface area contributed by atoms with Gasteiger partial charge in [0, 0.05) is 24.6 Å². The molecule has 0 radical (unpaired) electrons. The van der Waals surface area contributed by atoms with Crippen LogP contribution < -0.4 is 10.6 Å². The van der Waals surface area contributed by atoms with Gasteiger partial charge in [-0.2, -0.15) is 0 Å². The molecule has 0 saturated heterocycles. The first kappa shape index (κ1) is 16.0. The van der Waals surface area contributed by atoms with Gasteiger partial charge in [0.2, 0.25) is 11.8 Å². The molecule has 3 rings (SSSR count). The van der Waals surface area contributed by atoms with Crippen LogP contribution in [0.25, 0.3) is 0 Å². The van der Waals surface area contributed by atoms with Crippen LogP contribution in [0, 0.1) is 5.92 Å². The number of aryl methyl sites for hydroxylation is 1. The highest BCUT2D eigenvalue weighted by atomic mass is 16.2. The van der Waals surface area contributed by atoms with E-state index in [4.69, 9.17) is 0 Å². The van der Waals surface area contributed by atoms with Crippen LogP contribution in [0.1, 0.15) is 56.1 Å². The smallest absolute Gasteiger partial charge is 0.226 e. The average molecular weight is 314 g/mol. The molecule has 0 spiro atoms. The zero-order valence-corrected chi connectivity index (χ0v) is 13.7. The van der Waals surface area contributed by atoms with Crippen molar-refractivity contribution in [3.05, 3.63) is 29.3 Å². The Morgan fingerprint density at radius 2 is 1.83 bits per heavy atom. The van der Waals surface area contributed by atoms with E-state index < -0.39 is 0 Å². The van der Waals surface area contributed by atoms with Gasteiger partial charge in [0.1, 0.15) is 0 Å². The van der Waals surface area contributed by atoms with Gasteiger partial charge in [-0.3, -0.25) is 9.59 Å². The summed E-state index contributed by atoms with van der Waals surface area (Å²) in [5.41, 5.74) is 3.61. The second kappa shape index (κ2) is 7.62. The normalized spacial score (nSPS) is 17.6. The molecule has 124 valence electrons. The summed E-state index contributed by atoms with van der Waals surface area (Å²) in [5.74, 6) is 0.266. The topological polar surface area (TPSA) is 58.2 Å². The standard InChI is InChI=1S/C19H26N2O2/c22-18(12-13-20-19(23)15-7-1-2-8-15)21-17-11-5-9-14-6-3-4-10-16(14)17/h5,9,11,15H,1-4,6-8,10,12-13H2,(H,20,23)(H,21,22). The molecule has 1 aromatic carbocycles. The lowest BCUT2D eigenvalue weighted by molar-refractivity contribution is -0.124. The van der Waals surface area contributed by atoms with Crippen molar-refractivity contribution in [1.29, 1.82) is 0 Å². The van der Waals surface area contributed by atoms with Crippen molar-refractivity contribution >= 4 is 17.5 Å². The molecule has 2 N–H and O–H groups in total. The average Bonchev–Trinajstić information content (AvgIpc) is 3.10. The lowest BCUT2D eigenvalue weighted by Gasteiger charge is -2.19. The van der Waals surface area contributed by atoms with E-state index in [0.717, 1.165) is 44.2 Å². The zero-order valence-electron chi connectivity index (χ0n) is 13.7. The van der Waals surface area contributed by atoms with Crippen LogP contribution in [-0.2, 0) is 22.4 Å². The predicted molar refractivity (Wildman–Crippen MR) is 91.3 cm³/mol. The van der Waals surface area contributed by atoms with Crippen molar-refractivity contribution in [3.63, 3.8) is 0 Å². The van der Waals surface area contributed by atoms with Crippen molar-refractivity contribution in [2.75, 3.05) is 11.9 Å². The van der Waals surface area contributed by atoms with Crippen LogP contribution in [0.15, 0.2) is 18.2 Å². The summed E-state index contributed by atoms with van der Waals surface area (Å²) in [7, 11) is 0. The highest BCUT2D eigenvalue weighted by molar-refractivity contribution is 5.92. The van der Waals surface area contributed by atoms with Gasteiger partial charge < -0.3 is 10.6 Å². The van der Waals surface area contributed by atoms with Crippen molar-refractivity contribution in [2.45, 2.75) is 57.8 Å². The zero-order chi connectivity index (χ0) is 16.1. The van der Waals surface area contributed by atoms with Gasteiger partial charge in [0.25, 0.3) is 0 Å². The van der Waals surface area contributed by atoms with Gasteiger partial charge in [0.05, 0.1) is 0 Å². The third-order valence-electron chi connectivity index (χ3n) is 5.05. The second-order valence-corrected chi connectivity index (χ2v) is 6.72. The third kappa shape index (κ3) is 4.12. The van der Waals surface area contributed by atoms with Crippen molar-refractivity contribution < 1.29 is 9.59 Å².